The first-order valence-corrected chi connectivity index (χ1v) is 8.78. The molecule has 1 aliphatic heterocycles. The van der Waals surface area contributed by atoms with Crippen LogP contribution in [0.3, 0.4) is 0 Å². The van der Waals surface area contributed by atoms with Crippen LogP contribution in [-0.4, -0.2) is 35.6 Å². The van der Waals surface area contributed by atoms with Crippen molar-refractivity contribution >= 4 is 17.5 Å². The highest BCUT2D eigenvalue weighted by Gasteiger charge is 2.19. The van der Waals surface area contributed by atoms with E-state index in [0.29, 0.717) is 17.5 Å². The Labute approximate surface area is 152 Å². The fourth-order valence-electron chi connectivity index (χ4n) is 2.85. The van der Waals surface area contributed by atoms with Gasteiger partial charge in [-0.15, -0.1) is 0 Å². The van der Waals surface area contributed by atoms with E-state index >= 15 is 0 Å². The van der Waals surface area contributed by atoms with Gasteiger partial charge in [-0.3, -0.25) is 4.79 Å². The molecule has 26 heavy (non-hydrogen) atoms. The Balaban J connectivity index is 1.60. The van der Waals surface area contributed by atoms with Crippen molar-refractivity contribution < 1.29 is 13.9 Å². The molecule has 0 spiro atoms. The van der Waals surface area contributed by atoms with Crippen molar-refractivity contribution in [2.75, 3.05) is 29.9 Å². The topological polar surface area (TPSA) is 67.3 Å². The van der Waals surface area contributed by atoms with Gasteiger partial charge in [0.05, 0.1) is 0 Å². The third-order valence-corrected chi connectivity index (χ3v) is 4.34. The van der Waals surface area contributed by atoms with Gasteiger partial charge in [0.1, 0.15) is 5.82 Å². The summed E-state index contributed by atoms with van der Waals surface area (Å²) in [5, 5.41) is 2.59. The minimum absolute atomic E-state index is 0.205. The number of carbonyl (C=O) groups is 1. The number of hydrogen-bond acceptors (Lipinski definition) is 5. The summed E-state index contributed by atoms with van der Waals surface area (Å²) in [6, 6.07) is 7.42. The number of hydrogen-bond donors (Lipinski definition) is 1. The maximum absolute atomic E-state index is 13.2. The lowest BCUT2D eigenvalue weighted by Gasteiger charge is -2.30. The lowest BCUT2D eigenvalue weighted by molar-refractivity contribution is -0.118. The Morgan fingerprint density at radius 1 is 1.31 bits per heavy atom. The van der Waals surface area contributed by atoms with Gasteiger partial charge >= 0.3 is 0 Å². The summed E-state index contributed by atoms with van der Waals surface area (Å²) in [7, 11) is 0. The number of anilines is 2. The zero-order valence-corrected chi connectivity index (χ0v) is 15.0. The van der Waals surface area contributed by atoms with E-state index in [0.717, 1.165) is 37.5 Å². The van der Waals surface area contributed by atoms with Crippen molar-refractivity contribution in [2.24, 2.45) is 5.92 Å². The van der Waals surface area contributed by atoms with Crippen LogP contribution in [0.5, 0.6) is 5.88 Å². The lowest BCUT2D eigenvalue weighted by atomic mass is 10.00. The lowest BCUT2D eigenvalue weighted by Crippen LogP contribution is -2.34. The van der Waals surface area contributed by atoms with Crippen LogP contribution in [0.25, 0.3) is 0 Å². The number of piperidine rings is 1. The molecule has 138 valence electrons. The summed E-state index contributed by atoms with van der Waals surface area (Å²) in [6.07, 6.45) is 2.23. The van der Waals surface area contributed by atoms with Crippen LogP contribution in [0.2, 0.25) is 0 Å². The maximum Gasteiger partial charge on any atom is 0.262 e. The van der Waals surface area contributed by atoms with E-state index in [1.54, 1.807) is 12.1 Å². The van der Waals surface area contributed by atoms with Crippen LogP contribution in [0, 0.1) is 18.7 Å². The van der Waals surface area contributed by atoms with Gasteiger partial charge in [0.15, 0.2) is 6.61 Å². The number of halogens is 1. The van der Waals surface area contributed by atoms with Gasteiger partial charge < -0.3 is 15.0 Å². The Hall–Kier alpha value is -2.70. The highest BCUT2D eigenvalue weighted by molar-refractivity contribution is 5.91. The maximum atomic E-state index is 13.2. The van der Waals surface area contributed by atoms with Crippen LogP contribution < -0.4 is 15.0 Å². The molecule has 2 aromatic rings. The molecule has 1 aliphatic rings. The SMILES string of the molecule is Cc1cc(OCC(=O)Nc2cccc(F)c2)nc(N2CCC(C)CC2)n1. The first-order chi connectivity index (χ1) is 12.5. The van der Waals surface area contributed by atoms with Gasteiger partial charge in [0.2, 0.25) is 11.8 Å². The number of aromatic nitrogens is 2. The molecular formula is C19H23FN4O2. The second kappa shape index (κ2) is 8.12. The molecule has 3 rings (SSSR count). The van der Waals surface area contributed by atoms with Gasteiger partial charge in [-0.05, 0) is 43.9 Å². The molecule has 0 bridgehead atoms. The number of ether oxygens (including phenoxy) is 1. The molecule has 0 unspecified atom stereocenters. The summed E-state index contributed by atoms with van der Waals surface area (Å²) in [5.74, 6) is 0.937. The Morgan fingerprint density at radius 2 is 2.08 bits per heavy atom. The highest BCUT2D eigenvalue weighted by Crippen LogP contribution is 2.22. The van der Waals surface area contributed by atoms with Gasteiger partial charge in [0, 0.05) is 30.5 Å². The molecule has 1 saturated heterocycles. The van der Waals surface area contributed by atoms with Crippen molar-refractivity contribution in [2.45, 2.75) is 26.7 Å². The molecule has 7 heteroatoms. The second-order valence-corrected chi connectivity index (χ2v) is 6.66. The number of amides is 1. The number of nitrogens with one attached hydrogen (secondary N) is 1. The third kappa shape index (κ3) is 4.91. The summed E-state index contributed by atoms with van der Waals surface area (Å²) in [5.41, 5.74) is 1.18. The normalized spacial score (nSPS) is 15.0. The molecule has 1 amide bonds. The molecule has 1 aromatic carbocycles. The van der Waals surface area contributed by atoms with Crippen LogP contribution in [0.15, 0.2) is 30.3 Å². The quantitative estimate of drug-likeness (QED) is 0.889. The standard InChI is InChI=1S/C19H23FN4O2/c1-13-6-8-24(9-7-13)19-21-14(2)10-18(23-19)26-12-17(25)22-16-5-3-4-15(20)11-16/h3-5,10-11,13H,6-9,12H2,1-2H3,(H,22,25). The minimum Gasteiger partial charge on any atom is -0.467 e. The number of carbonyl (C=O) groups excluding carboxylic acids is 1. The molecule has 1 N–H and O–H groups in total. The van der Waals surface area contributed by atoms with Crippen LogP contribution in [-0.2, 0) is 4.79 Å². The van der Waals surface area contributed by atoms with Crippen molar-refractivity contribution in [3.8, 4) is 5.88 Å². The molecule has 0 radical (unpaired) electrons. The minimum atomic E-state index is -0.407. The first-order valence-electron chi connectivity index (χ1n) is 8.78. The van der Waals surface area contributed by atoms with E-state index in [4.69, 9.17) is 4.74 Å². The molecule has 1 aromatic heterocycles. The zero-order valence-electron chi connectivity index (χ0n) is 15.0. The van der Waals surface area contributed by atoms with Crippen LogP contribution in [0.1, 0.15) is 25.5 Å². The van der Waals surface area contributed by atoms with E-state index in [-0.39, 0.29) is 12.5 Å². The molecule has 6 nitrogen and oxygen atoms in total. The van der Waals surface area contributed by atoms with Crippen molar-refractivity contribution in [1.29, 1.82) is 0 Å². The largest absolute Gasteiger partial charge is 0.467 e. The fourth-order valence-corrected chi connectivity index (χ4v) is 2.85. The van der Waals surface area contributed by atoms with Gasteiger partial charge in [-0.25, -0.2) is 9.37 Å². The molecule has 2 heterocycles. The van der Waals surface area contributed by atoms with Crippen LogP contribution >= 0.6 is 0 Å². The molecule has 0 atom stereocenters. The van der Waals surface area contributed by atoms with Gasteiger partial charge in [-0.1, -0.05) is 13.0 Å². The number of benzene rings is 1. The van der Waals surface area contributed by atoms with Gasteiger partial charge in [-0.2, -0.15) is 4.98 Å². The second-order valence-electron chi connectivity index (χ2n) is 6.66. The van der Waals surface area contributed by atoms with Crippen molar-refractivity contribution in [3.63, 3.8) is 0 Å². The average molecular weight is 358 g/mol. The monoisotopic (exact) mass is 358 g/mol. The van der Waals surface area contributed by atoms with Gasteiger partial charge in [0.25, 0.3) is 5.91 Å². The van der Waals surface area contributed by atoms with Crippen molar-refractivity contribution in [1.82, 2.24) is 9.97 Å². The number of nitrogens with zero attached hydrogens (tertiary/aromatic N) is 3. The summed E-state index contributed by atoms with van der Waals surface area (Å²) in [4.78, 5) is 23.0. The van der Waals surface area contributed by atoms with E-state index in [2.05, 4.69) is 27.1 Å². The fraction of sp³-hybridized carbons (Fsp3) is 0.421. The summed E-state index contributed by atoms with van der Waals surface area (Å²) >= 11 is 0. The first kappa shape index (κ1) is 18.1. The smallest absolute Gasteiger partial charge is 0.262 e. The predicted molar refractivity (Wildman–Crippen MR) is 97.9 cm³/mol. The van der Waals surface area contributed by atoms with Crippen LogP contribution in [0.4, 0.5) is 16.0 Å². The summed E-state index contributed by atoms with van der Waals surface area (Å²) in [6.45, 7) is 5.76. The number of aryl methyl sites for hydroxylation is 1. The van der Waals surface area contributed by atoms with E-state index in [1.165, 1.54) is 18.2 Å². The molecule has 0 aliphatic carbocycles. The molecule has 0 saturated carbocycles. The predicted octanol–water partition coefficient (Wildman–Crippen LogP) is 3.18. The van der Waals surface area contributed by atoms with E-state index in [1.807, 2.05) is 6.92 Å². The van der Waals surface area contributed by atoms with Crippen molar-refractivity contribution in [3.05, 3.63) is 41.8 Å². The third-order valence-electron chi connectivity index (χ3n) is 4.34. The Morgan fingerprint density at radius 3 is 2.81 bits per heavy atom. The molecular weight excluding hydrogens is 335 g/mol. The van der Waals surface area contributed by atoms with E-state index < -0.39 is 5.82 Å². The number of rotatable bonds is 5. The average Bonchev–Trinajstić information content (AvgIpc) is 2.60. The zero-order chi connectivity index (χ0) is 18.5. The Kier molecular flexibility index (Phi) is 5.65. The Bertz CT molecular complexity index is 776. The van der Waals surface area contributed by atoms with E-state index in [9.17, 15) is 9.18 Å². The highest BCUT2D eigenvalue weighted by atomic mass is 19.1. The molecule has 1 fully saturated rings. The summed E-state index contributed by atoms with van der Waals surface area (Å²) < 4.78 is 18.7.